The molecule has 2 aromatic rings. The van der Waals surface area contributed by atoms with E-state index in [1.807, 2.05) is 0 Å². The molecule has 0 fully saturated rings. The van der Waals surface area contributed by atoms with Gasteiger partial charge in [-0.25, -0.2) is 13.2 Å². The van der Waals surface area contributed by atoms with Gasteiger partial charge in [-0.15, -0.1) is 11.3 Å². The third-order valence-corrected chi connectivity index (χ3v) is 6.93. The molecule has 0 saturated heterocycles. The van der Waals surface area contributed by atoms with Gasteiger partial charge in [-0.05, 0) is 42.5 Å². The molecule has 0 aliphatic rings. The fourth-order valence-corrected chi connectivity index (χ4v) is 5.02. The van der Waals surface area contributed by atoms with Crippen molar-refractivity contribution in [3.63, 3.8) is 0 Å². The number of benzene rings is 1. The second-order valence-corrected chi connectivity index (χ2v) is 9.89. The summed E-state index contributed by atoms with van der Waals surface area (Å²) in [5, 5.41) is 22.9. The molecule has 32 heavy (non-hydrogen) atoms. The first-order valence-corrected chi connectivity index (χ1v) is 12.3. The highest BCUT2D eigenvalue weighted by Crippen LogP contribution is 2.31. The number of amides is 1. The lowest BCUT2D eigenvalue weighted by Crippen LogP contribution is -2.41. The van der Waals surface area contributed by atoms with Crippen molar-refractivity contribution in [1.82, 2.24) is 10.6 Å². The molecule has 0 radical (unpaired) electrons. The molecular formula is C18H22BrN5O6S2. The fourth-order valence-electron chi connectivity index (χ4n) is 2.64. The maximum atomic E-state index is 12.9. The number of thiophene rings is 1. The monoisotopic (exact) mass is 547 g/mol. The van der Waals surface area contributed by atoms with Gasteiger partial charge in [-0.2, -0.15) is 0 Å². The Hall–Kier alpha value is -2.84. The van der Waals surface area contributed by atoms with E-state index in [4.69, 9.17) is 15.9 Å². The molecule has 0 bridgehead atoms. The summed E-state index contributed by atoms with van der Waals surface area (Å²) >= 11 is 4.21. The van der Waals surface area contributed by atoms with Crippen molar-refractivity contribution in [2.75, 3.05) is 18.4 Å². The Labute approximate surface area is 197 Å². The number of anilines is 1. The number of nitrogens with two attached hydrogens (primary N) is 1. The van der Waals surface area contributed by atoms with Gasteiger partial charge in [0.25, 0.3) is 15.9 Å². The second kappa shape index (κ2) is 11.2. The number of carboxylic acid groups (broad SMARTS) is 1. The lowest BCUT2D eigenvalue weighted by atomic mass is 10.1. The Kier molecular flexibility index (Phi) is 8.86. The van der Waals surface area contributed by atoms with E-state index in [-0.39, 0.29) is 40.1 Å². The van der Waals surface area contributed by atoms with Gasteiger partial charge >= 0.3 is 5.97 Å². The molecule has 1 amide bonds. The maximum absolute atomic E-state index is 12.9. The molecule has 0 unspecified atom stereocenters. The van der Waals surface area contributed by atoms with Gasteiger partial charge in [-0.1, -0.05) is 15.9 Å². The normalized spacial score (nSPS) is 11.9. The van der Waals surface area contributed by atoms with Crippen LogP contribution < -0.4 is 25.8 Å². The van der Waals surface area contributed by atoms with E-state index in [2.05, 4.69) is 31.3 Å². The predicted octanol–water partition coefficient (Wildman–Crippen LogP) is 1.77. The summed E-state index contributed by atoms with van der Waals surface area (Å²) < 4.78 is 33.8. The summed E-state index contributed by atoms with van der Waals surface area (Å²) in [6.07, 6.45) is 0.425. The van der Waals surface area contributed by atoms with Gasteiger partial charge in [0.05, 0.1) is 12.8 Å². The van der Waals surface area contributed by atoms with Crippen molar-refractivity contribution in [2.45, 2.75) is 23.8 Å². The van der Waals surface area contributed by atoms with Crippen LogP contribution in [0.3, 0.4) is 0 Å². The number of hydrogen-bond donors (Lipinski definition) is 6. The van der Waals surface area contributed by atoms with Crippen molar-refractivity contribution >= 4 is 60.8 Å². The van der Waals surface area contributed by atoms with E-state index < -0.39 is 27.9 Å². The average Bonchev–Trinajstić information content (AvgIpc) is 3.16. The Morgan fingerprint density at radius 3 is 2.69 bits per heavy atom. The van der Waals surface area contributed by atoms with E-state index >= 15 is 0 Å². The summed E-state index contributed by atoms with van der Waals surface area (Å²) in [5.74, 6) is -2.09. The summed E-state index contributed by atoms with van der Waals surface area (Å²) in [6, 6.07) is 4.60. The third-order valence-electron chi connectivity index (χ3n) is 4.12. The first-order valence-electron chi connectivity index (χ1n) is 9.10. The van der Waals surface area contributed by atoms with Crippen molar-refractivity contribution in [3.8, 4) is 5.75 Å². The highest BCUT2D eigenvalue weighted by atomic mass is 79.9. The van der Waals surface area contributed by atoms with Crippen LogP contribution in [-0.4, -0.2) is 51.1 Å². The van der Waals surface area contributed by atoms with Crippen LogP contribution in [0.1, 0.15) is 22.5 Å². The molecule has 1 aromatic carbocycles. The molecule has 0 spiro atoms. The van der Waals surface area contributed by atoms with Crippen LogP contribution >= 0.6 is 27.3 Å². The quantitative estimate of drug-likeness (QED) is 0.139. The molecule has 11 nitrogen and oxygen atoms in total. The molecule has 0 aliphatic carbocycles. The Morgan fingerprint density at radius 2 is 2.06 bits per heavy atom. The number of ether oxygens (including phenoxy) is 1. The van der Waals surface area contributed by atoms with Gasteiger partial charge in [0.15, 0.2) is 5.96 Å². The third kappa shape index (κ3) is 6.83. The second-order valence-electron chi connectivity index (χ2n) is 6.41. The van der Waals surface area contributed by atoms with Gasteiger partial charge in [-0.3, -0.25) is 14.9 Å². The van der Waals surface area contributed by atoms with Crippen molar-refractivity contribution in [2.24, 2.45) is 5.73 Å². The van der Waals surface area contributed by atoms with Gasteiger partial charge < -0.3 is 26.2 Å². The number of methoxy groups -OCH3 is 1. The van der Waals surface area contributed by atoms with Gasteiger partial charge in [0.2, 0.25) is 0 Å². The number of carbonyl (C=O) groups is 2. The molecular weight excluding hydrogens is 526 g/mol. The van der Waals surface area contributed by atoms with Crippen LogP contribution in [0, 0.1) is 5.41 Å². The van der Waals surface area contributed by atoms with E-state index in [0.717, 1.165) is 11.3 Å². The van der Waals surface area contributed by atoms with Crippen LogP contribution in [-0.2, 0) is 14.8 Å². The number of aliphatic carboxylic acids is 1. The van der Waals surface area contributed by atoms with E-state index in [1.165, 1.54) is 36.8 Å². The molecule has 14 heteroatoms. The van der Waals surface area contributed by atoms with Crippen LogP contribution in [0.5, 0.6) is 5.75 Å². The summed E-state index contributed by atoms with van der Waals surface area (Å²) in [7, 11) is -2.76. The summed E-state index contributed by atoms with van der Waals surface area (Å²) in [4.78, 5) is 24.1. The lowest BCUT2D eigenvalue weighted by Gasteiger charge is -2.16. The number of hydrogen-bond acceptors (Lipinski definition) is 7. The molecule has 1 atom stereocenters. The number of nitrogens with one attached hydrogen (secondary N) is 4. The van der Waals surface area contributed by atoms with E-state index in [0.29, 0.717) is 10.9 Å². The lowest BCUT2D eigenvalue weighted by molar-refractivity contribution is -0.139. The Balaban J connectivity index is 2.16. The summed E-state index contributed by atoms with van der Waals surface area (Å²) in [6.45, 7) is 0.272. The molecule has 2 rings (SSSR count). The highest BCUT2D eigenvalue weighted by Gasteiger charge is 2.26. The van der Waals surface area contributed by atoms with Crippen LogP contribution in [0.25, 0.3) is 0 Å². The number of sulfonamides is 1. The van der Waals surface area contributed by atoms with Crippen LogP contribution in [0.4, 0.5) is 5.69 Å². The minimum absolute atomic E-state index is 0.0118. The number of guanidine groups is 1. The van der Waals surface area contributed by atoms with Crippen LogP contribution in [0.2, 0.25) is 0 Å². The number of carbonyl (C=O) groups excluding carboxylic acids is 1. The summed E-state index contributed by atoms with van der Waals surface area (Å²) in [5.41, 5.74) is 5.18. The van der Waals surface area contributed by atoms with Crippen LogP contribution in [0.15, 0.2) is 39.0 Å². The molecule has 174 valence electrons. The zero-order chi connectivity index (χ0) is 23.9. The molecule has 0 aliphatic heterocycles. The highest BCUT2D eigenvalue weighted by molar-refractivity contribution is 9.10. The molecule has 0 saturated carbocycles. The number of halogens is 1. The minimum Gasteiger partial charge on any atom is -0.495 e. The van der Waals surface area contributed by atoms with E-state index in [9.17, 15) is 23.1 Å². The zero-order valence-corrected chi connectivity index (χ0v) is 20.1. The number of rotatable bonds is 11. The van der Waals surface area contributed by atoms with E-state index in [1.54, 1.807) is 0 Å². The standard InChI is InChI=1S/C18H22BrN5O6S2/c1-30-13-9-10(19)4-5-14(13)32(28,29)24-11-6-8-31-15(11)16(25)23-12(17(26)27)3-2-7-22-18(20)21/h4-6,8-9,12,24H,2-3,7H2,1H3,(H,23,25)(H,26,27)(H4,20,21,22)/t12-/m0/s1. The number of carboxylic acids is 1. The van der Waals surface area contributed by atoms with Crippen molar-refractivity contribution in [1.29, 1.82) is 5.41 Å². The van der Waals surface area contributed by atoms with Gasteiger partial charge in [0, 0.05) is 11.0 Å². The smallest absolute Gasteiger partial charge is 0.326 e. The fraction of sp³-hybridized carbons (Fsp3) is 0.278. The topological polar surface area (TPSA) is 184 Å². The molecule has 1 aromatic heterocycles. The Morgan fingerprint density at radius 1 is 1.34 bits per heavy atom. The maximum Gasteiger partial charge on any atom is 0.326 e. The SMILES string of the molecule is COc1cc(Br)ccc1S(=O)(=O)Nc1ccsc1C(=O)N[C@@H](CCCNC(=N)N)C(=O)O. The zero-order valence-electron chi connectivity index (χ0n) is 16.8. The Bertz CT molecular complexity index is 1110. The van der Waals surface area contributed by atoms with Gasteiger partial charge in [0.1, 0.15) is 21.6 Å². The first-order chi connectivity index (χ1) is 15.0. The van der Waals surface area contributed by atoms with Crippen molar-refractivity contribution < 1.29 is 27.9 Å². The average molecular weight is 548 g/mol. The molecule has 7 N–H and O–H groups in total. The largest absolute Gasteiger partial charge is 0.495 e. The minimum atomic E-state index is -4.09. The van der Waals surface area contributed by atoms with Crippen molar-refractivity contribution in [3.05, 3.63) is 39.0 Å². The first kappa shape index (κ1) is 25.4. The molecule has 1 heterocycles. The predicted molar refractivity (Wildman–Crippen MR) is 124 cm³/mol.